The molecule has 0 saturated carbocycles. The molecule has 0 fully saturated rings. The quantitative estimate of drug-likeness (QED) is 0.555. The summed E-state index contributed by atoms with van der Waals surface area (Å²) in [5.41, 5.74) is 3.23. The van der Waals surface area contributed by atoms with E-state index in [0.717, 1.165) is 28.0 Å². The average molecular weight is 431 g/mol. The molecule has 2 N–H and O–H groups in total. The van der Waals surface area contributed by atoms with Gasteiger partial charge in [0.2, 0.25) is 9.47 Å². The van der Waals surface area contributed by atoms with Gasteiger partial charge in [-0.3, -0.25) is 10.1 Å². The van der Waals surface area contributed by atoms with Crippen LogP contribution >= 0.6 is 11.3 Å². The highest BCUT2D eigenvalue weighted by Crippen LogP contribution is 2.26. The van der Waals surface area contributed by atoms with E-state index in [1.54, 1.807) is 12.1 Å². The van der Waals surface area contributed by atoms with Crippen molar-refractivity contribution in [3.8, 4) is 0 Å². The van der Waals surface area contributed by atoms with Crippen LogP contribution in [0, 0.1) is 13.8 Å². The summed E-state index contributed by atoms with van der Waals surface area (Å²) in [6, 6.07) is 14.4. The van der Waals surface area contributed by atoms with Crippen LogP contribution in [0.5, 0.6) is 0 Å². The number of aryl methyl sites for hydroxylation is 2. The van der Waals surface area contributed by atoms with Gasteiger partial charge in [-0.25, -0.2) is 13.1 Å². The van der Waals surface area contributed by atoms with Crippen LogP contribution in [0.1, 0.15) is 46.4 Å². The molecule has 1 heterocycles. The Hall–Kier alpha value is -2.62. The van der Waals surface area contributed by atoms with E-state index in [1.807, 2.05) is 57.2 Å². The second-order valence-electron chi connectivity index (χ2n) is 6.58. The number of carbonyl (C=O) groups is 1. The maximum atomic E-state index is 12.8. The van der Waals surface area contributed by atoms with Crippen molar-refractivity contribution in [3.63, 3.8) is 0 Å². The average Bonchev–Trinajstić information content (AvgIpc) is 3.16. The van der Waals surface area contributed by atoms with Crippen LogP contribution in [0.2, 0.25) is 0 Å². The first-order chi connectivity index (χ1) is 13.8. The van der Waals surface area contributed by atoms with E-state index in [2.05, 4.69) is 20.2 Å². The SMILES string of the molecule is CC[C@H](NS(=O)(=O)c1nnc(NC(=O)c2ccccc2C)s1)c1ccccc1C. The van der Waals surface area contributed by atoms with Crippen LogP contribution in [-0.4, -0.2) is 24.5 Å². The van der Waals surface area contributed by atoms with Gasteiger partial charge in [-0.05, 0) is 43.0 Å². The molecule has 3 aromatic rings. The van der Waals surface area contributed by atoms with E-state index in [1.165, 1.54) is 0 Å². The molecule has 1 atom stereocenters. The van der Waals surface area contributed by atoms with E-state index in [4.69, 9.17) is 0 Å². The lowest BCUT2D eigenvalue weighted by Crippen LogP contribution is -2.28. The topological polar surface area (TPSA) is 101 Å². The number of sulfonamides is 1. The number of amides is 1. The van der Waals surface area contributed by atoms with Gasteiger partial charge in [0, 0.05) is 11.6 Å². The monoisotopic (exact) mass is 430 g/mol. The summed E-state index contributed by atoms with van der Waals surface area (Å²) in [6.45, 7) is 5.68. The van der Waals surface area contributed by atoms with E-state index >= 15 is 0 Å². The first-order valence-corrected chi connectivity index (χ1v) is 11.4. The highest BCUT2D eigenvalue weighted by Gasteiger charge is 2.25. The largest absolute Gasteiger partial charge is 0.296 e. The Kier molecular flexibility index (Phi) is 6.41. The first-order valence-electron chi connectivity index (χ1n) is 9.10. The lowest BCUT2D eigenvalue weighted by atomic mass is 10.0. The lowest BCUT2D eigenvalue weighted by Gasteiger charge is -2.18. The second-order valence-corrected chi connectivity index (χ2v) is 9.45. The van der Waals surface area contributed by atoms with E-state index in [0.29, 0.717) is 12.0 Å². The van der Waals surface area contributed by atoms with Crippen molar-refractivity contribution in [2.75, 3.05) is 5.32 Å². The fraction of sp³-hybridized carbons (Fsp3) is 0.250. The summed E-state index contributed by atoms with van der Waals surface area (Å²) in [7, 11) is -3.88. The number of hydrogen-bond acceptors (Lipinski definition) is 6. The Morgan fingerprint density at radius 2 is 1.69 bits per heavy atom. The summed E-state index contributed by atoms with van der Waals surface area (Å²) in [5.74, 6) is -0.359. The highest BCUT2D eigenvalue weighted by atomic mass is 32.2. The highest BCUT2D eigenvalue weighted by molar-refractivity contribution is 7.91. The van der Waals surface area contributed by atoms with E-state index < -0.39 is 10.0 Å². The number of anilines is 1. The first kappa shape index (κ1) is 21.1. The minimum absolute atomic E-state index is 0.127. The standard InChI is InChI=1S/C20H22N4O3S2/c1-4-17(15-11-7-5-9-13(15)2)24-29(26,27)20-23-22-19(28-20)21-18(25)16-12-8-6-10-14(16)3/h5-12,17,24H,4H2,1-3H3,(H,21,22,25)/t17-/m0/s1. The molecule has 1 aromatic heterocycles. The Morgan fingerprint density at radius 1 is 1.03 bits per heavy atom. The van der Waals surface area contributed by atoms with Crippen LogP contribution in [0.3, 0.4) is 0 Å². The molecule has 0 spiro atoms. The van der Waals surface area contributed by atoms with Gasteiger partial charge in [-0.1, -0.05) is 60.7 Å². The molecule has 152 valence electrons. The van der Waals surface area contributed by atoms with Crippen molar-refractivity contribution in [2.45, 2.75) is 37.6 Å². The summed E-state index contributed by atoms with van der Waals surface area (Å²) in [4.78, 5) is 12.4. The Bertz CT molecular complexity index is 1130. The van der Waals surface area contributed by atoms with Crippen LogP contribution in [-0.2, 0) is 10.0 Å². The molecule has 3 rings (SSSR count). The Morgan fingerprint density at radius 3 is 2.34 bits per heavy atom. The second kappa shape index (κ2) is 8.81. The molecule has 29 heavy (non-hydrogen) atoms. The molecule has 0 saturated heterocycles. The third kappa shape index (κ3) is 4.87. The molecule has 0 aliphatic rings. The van der Waals surface area contributed by atoms with Crippen LogP contribution < -0.4 is 10.0 Å². The zero-order chi connectivity index (χ0) is 21.0. The van der Waals surface area contributed by atoms with Crippen molar-refractivity contribution in [2.24, 2.45) is 0 Å². The van der Waals surface area contributed by atoms with Gasteiger partial charge in [-0.2, -0.15) is 0 Å². The smallest absolute Gasteiger partial charge is 0.270 e. The fourth-order valence-corrected chi connectivity index (χ4v) is 5.15. The number of rotatable bonds is 7. The summed E-state index contributed by atoms with van der Waals surface area (Å²) >= 11 is 0.816. The van der Waals surface area contributed by atoms with Crippen molar-refractivity contribution in [1.82, 2.24) is 14.9 Å². The number of nitrogens with one attached hydrogen (secondary N) is 2. The number of aromatic nitrogens is 2. The Balaban J connectivity index is 1.77. The minimum atomic E-state index is -3.88. The van der Waals surface area contributed by atoms with Crippen LogP contribution in [0.25, 0.3) is 0 Å². The third-order valence-electron chi connectivity index (χ3n) is 4.52. The molecule has 9 heteroatoms. The van der Waals surface area contributed by atoms with Crippen molar-refractivity contribution >= 4 is 32.4 Å². The zero-order valence-corrected chi connectivity index (χ0v) is 18.0. The van der Waals surface area contributed by atoms with Gasteiger partial charge in [0.15, 0.2) is 0 Å². The maximum absolute atomic E-state index is 12.8. The molecular formula is C20H22N4O3S2. The number of hydrogen-bond donors (Lipinski definition) is 2. The Labute approximate surface area is 174 Å². The van der Waals surface area contributed by atoms with Gasteiger partial charge in [0.05, 0.1) is 0 Å². The molecule has 0 bridgehead atoms. The van der Waals surface area contributed by atoms with E-state index in [9.17, 15) is 13.2 Å². The summed E-state index contributed by atoms with van der Waals surface area (Å²) in [5, 5.41) is 10.3. The molecule has 0 aliphatic heterocycles. The zero-order valence-electron chi connectivity index (χ0n) is 16.3. The van der Waals surface area contributed by atoms with E-state index in [-0.39, 0.29) is 21.4 Å². The summed E-state index contributed by atoms with van der Waals surface area (Å²) in [6.07, 6.45) is 0.583. The third-order valence-corrected chi connectivity index (χ3v) is 7.19. The number of carbonyl (C=O) groups excluding carboxylic acids is 1. The molecule has 0 unspecified atom stereocenters. The summed E-state index contributed by atoms with van der Waals surface area (Å²) < 4.78 is 28.1. The predicted molar refractivity (Wildman–Crippen MR) is 114 cm³/mol. The minimum Gasteiger partial charge on any atom is -0.296 e. The lowest BCUT2D eigenvalue weighted by molar-refractivity contribution is 0.102. The maximum Gasteiger partial charge on any atom is 0.270 e. The van der Waals surface area contributed by atoms with Crippen LogP contribution in [0.15, 0.2) is 52.9 Å². The van der Waals surface area contributed by atoms with Gasteiger partial charge < -0.3 is 0 Å². The number of nitrogens with zero attached hydrogens (tertiary/aromatic N) is 2. The molecule has 1 amide bonds. The predicted octanol–water partition coefficient (Wildman–Crippen LogP) is 3.84. The van der Waals surface area contributed by atoms with Crippen molar-refractivity contribution in [3.05, 3.63) is 70.8 Å². The van der Waals surface area contributed by atoms with Crippen molar-refractivity contribution in [1.29, 1.82) is 0 Å². The fourth-order valence-electron chi connectivity index (χ4n) is 2.94. The van der Waals surface area contributed by atoms with Crippen LogP contribution in [0.4, 0.5) is 5.13 Å². The molecule has 7 nitrogen and oxygen atoms in total. The van der Waals surface area contributed by atoms with Gasteiger partial charge in [0.25, 0.3) is 15.9 Å². The normalized spacial score (nSPS) is 12.5. The molecular weight excluding hydrogens is 408 g/mol. The van der Waals surface area contributed by atoms with Gasteiger partial charge in [0.1, 0.15) is 0 Å². The van der Waals surface area contributed by atoms with Crippen molar-refractivity contribution < 1.29 is 13.2 Å². The molecule has 0 radical (unpaired) electrons. The molecule has 2 aromatic carbocycles. The molecule has 0 aliphatic carbocycles. The number of benzene rings is 2. The van der Waals surface area contributed by atoms with Gasteiger partial charge >= 0.3 is 0 Å². The van der Waals surface area contributed by atoms with Gasteiger partial charge in [-0.15, -0.1) is 10.2 Å².